The average Bonchev–Trinajstić information content (AvgIpc) is 2.50. The van der Waals surface area contributed by atoms with Gasteiger partial charge in [-0.05, 0) is 57.0 Å². The number of rotatable bonds is 1. The summed E-state index contributed by atoms with van der Waals surface area (Å²) in [6.45, 7) is 12.5. The highest BCUT2D eigenvalue weighted by Crippen LogP contribution is 2.25. The molecule has 0 heterocycles. The fourth-order valence-corrected chi connectivity index (χ4v) is 3.09. The van der Waals surface area contributed by atoms with Crippen molar-refractivity contribution in [2.45, 2.75) is 13.8 Å². The number of hydrogen-bond donors (Lipinski definition) is 0. The van der Waals surface area contributed by atoms with E-state index in [0.717, 1.165) is 10.8 Å². The Morgan fingerprint density at radius 2 is 1.60 bits per heavy atom. The summed E-state index contributed by atoms with van der Waals surface area (Å²) in [4.78, 5) is 0. The van der Waals surface area contributed by atoms with Crippen LogP contribution in [-0.2, 0) is 0 Å². The maximum atomic E-state index is 4.32. The minimum atomic E-state index is 1.11. The molecule has 0 aliphatic rings. The van der Waals surface area contributed by atoms with Crippen LogP contribution in [0.25, 0.3) is 40.3 Å². The van der Waals surface area contributed by atoms with Gasteiger partial charge in [0.15, 0.2) is 0 Å². The molecule has 0 saturated carbocycles. The van der Waals surface area contributed by atoms with Crippen molar-refractivity contribution in [3.05, 3.63) is 64.5 Å². The molecule has 0 aliphatic heterocycles. The van der Waals surface area contributed by atoms with Gasteiger partial charge in [0.05, 0.1) is 0 Å². The largest absolute Gasteiger partial charge is 0.0984 e. The minimum Gasteiger partial charge on any atom is -0.0984 e. The Bertz CT molecular complexity index is 938. The van der Waals surface area contributed by atoms with Crippen molar-refractivity contribution < 1.29 is 0 Å². The Hall–Kier alpha value is -2.34. The summed E-state index contributed by atoms with van der Waals surface area (Å²) in [7, 11) is 0. The summed E-state index contributed by atoms with van der Waals surface area (Å²) in [6, 6.07) is 12.9. The zero-order valence-corrected chi connectivity index (χ0v) is 12.0. The van der Waals surface area contributed by atoms with E-state index in [1.807, 2.05) is 6.08 Å². The maximum absolute atomic E-state index is 4.32. The van der Waals surface area contributed by atoms with Crippen molar-refractivity contribution in [1.82, 2.24) is 0 Å². The highest BCUT2D eigenvalue weighted by molar-refractivity contribution is 6.11. The number of benzene rings is 3. The van der Waals surface area contributed by atoms with E-state index in [1.54, 1.807) is 0 Å². The molecule has 3 aromatic carbocycles. The molecule has 3 aromatic rings. The monoisotopic (exact) mass is 258 g/mol. The Balaban J connectivity index is 2.78. The quantitative estimate of drug-likeness (QED) is 0.575. The molecule has 0 saturated heterocycles. The Morgan fingerprint density at radius 3 is 2.25 bits per heavy atom. The number of aryl methyl sites for hydroxylation is 1. The Kier molecular flexibility index (Phi) is 2.94. The van der Waals surface area contributed by atoms with Crippen molar-refractivity contribution >= 4 is 40.3 Å². The molecule has 0 amide bonds. The Labute approximate surface area is 119 Å². The summed E-state index contributed by atoms with van der Waals surface area (Å²) >= 11 is 0. The first-order valence-corrected chi connectivity index (χ1v) is 6.90. The van der Waals surface area contributed by atoms with Crippen LogP contribution in [-0.4, -0.2) is 0 Å². The first-order chi connectivity index (χ1) is 9.69. The average molecular weight is 258 g/mol. The van der Waals surface area contributed by atoms with Gasteiger partial charge in [0.25, 0.3) is 0 Å². The molecule has 0 radical (unpaired) electrons. The van der Waals surface area contributed by atoms with Crippen LogP contribution in [0.5, 0.6) is 0 Å². The van der Waals surface area contributed by atoms with Crippen molar-refractivity contribution in [3.8, 4) is 0 Å². The molecule has 3 rings (SSSR count). The van der Waals surface area contributed by atoms with Gasteiger partial charge in [-0.15, -0.1) is 0 Å². The predicted molar refractivity (Wildman–Crippen MR) is 91.2 cm³/mol. The van der Waals surface area contributed by atoms with Crippen LogP contribution in [0, 0.1) is 6.92 Å². The molecule has 0 atom stereocenters. The standard InChI is InChI=1S/C20H18/c1-5-15-9-7-11-17-18-12-8-10-16(6-2)20(18)14(4)13(3)19(15)17/h5-12H,1,3H2,2,4H3/b16-6-. The number of fused-ring (bicyclic) bond motifs is 3. The van der Waals surface area contributed by atoms with Gasteiger partial charge in [-0.1, -0.05) is 61.7 Å². The molecular formula is C20H18. The third-order valence-electron chi connectivity index (χ3n) is 4.14. The molecule has 0 unspecified atom stereocenters. The van der Waals surface area contributed by atoms with E-state index in [-0.39, 0.29) is 0 Å². The van der Waals surface area contributed by atoms with Gasteiger partial charge in [-0.2, -0.15) is 0 Å². The molecule has 0 fully saturated rings. The van der Waals surface area contributed by atoms with E-state index in [4.69, 9.17) is 0 Å². The fraction of sp³-hybridized carbons (Fsp3) is 0.100. The van der Waals surface area contributed by atoms with Crippen LogP contribution in [0.4, 0.5) is 0 Å². The summed E-state index contributed by atoms with van der Waals surface area (Å²) in [5, 5.41) is 7.48. The molecule has 0 spiro atoms. The third-order valence-corrected chi connectivity index (χ3v) is 4.14. The molecular weight excluding hydrogens is 240 g/mol. The SMILES string of the molecule is C=Cc1cccc2c1c(=C)c(C)c1/c(=C\C)cccc12. The van der Waals surface area contributed by atoms with Gasteiger partial charge < -0.3 is 0 Å². The lowest BCUT2D eigenvalue weighted by atomic mass is 9.92. The maximum Gasteiger partial charge on any atom is -0.00359 e. The third kappa shape index (κ3) is 1.61. The first-order valence-electron chi connectivity index (χ1n) is 6.90. The Morgan fingerprint density at radius 1 is 0.950 bits per heavy atom. The second kappa shape index (κ2) is 4.64. The number of hydrogen-bond acceptors (Lipinski definition) is 0. The zero-order valence-electron chi connectivity index (χ0n) is 12.0. The molecule has 0 bridgehead atoms. The molecule has 0 aliphatic carbocycles. The lowest BCUT2D eigenvalue weighted by Gasteiger charge is -2.12. The van der Waals surface area contributed by atoms with Crippen molar-refractivity contribution in [2.75, 3.05) is 0 Å². The van der Waals surface area contributed by atoms with Crippen LogP contribution in [0.2, 0.25) is 0 Å². The van der Waals surface area contributed by atoms with E-state index >= 15 is 0 Å². The zero-order chi connectivity index (χ0) is 14.3. The highest BCUT2D eigenvalue weighted by atomic mass is 14.1. The molecule has 98 valence electrons. The van der Waals surface area contributed by atoms with E-state index in [9.17, 15) is 0 Å². The van der Waals surface area contributed by atoms with E-state index in [2.05, 4.69) is 69.5 Å². The minimum absolute atomic E-state index is 1.11. The van der Waals surface area contributed by atoms with Gasteiger partial charge in [-0.3, -0.25) is 0 Å². The second-order valence-electron chi connectivity index (χ2n) is 5.14. The highest BCUT2D eigenvalue weighted by Gasteiger charge is 2.08. The van der Waals surface area contributed by atoms with Gasteiger partial charge >= 0.3 is 0 Å². The van der Waals surface area contributed by atoms with Gasteiger partial charge in [0.1, 0.15) is 0 Å². The van der Waals surface area contributed by atoms with Crippen molar-refractivity contribution in [3.63, 3.8) is 0 Å². The van der Waals surface area contributed by atoms with E-state index in [1.165, 1.54) is 32.3 Å². The van der Waals surface area contributed by atoms with Crippen LogP contribution < -0.4 is 10.4 Å². The second-order valence-corrected chi connectivity index (χ2v) is 5.14. The lowest BCUT2D eigenvalue weighted by Crippen LogP contribution is -2.13. The smallest absolute Gasteiger partial charge is 0.00359 e. The van der Waals surface area contributed by atoms with Crippen LogP contribution >= 0.6 is 0 Å². The summed E-state index contributed by atoms with van der Waals surface area (Å²) in [6.07, 6.45) is 4.08. The van der Waals surface area contributed by atoms with E-state index < -0.39 is 0 Å². The van der Waals surface area contributed by atoms with Crippen LogP contribution in [0.3, 0.4) is 0 Å². The summed E-state index contributed by atoms with van der Waals surface area (Å²) in [5.74, 6) is 0. The summed E-state index contributed by atoms with van der Waals surface area (Å²) in [5.41, 5.74) is 2.42. The fourth-order valence-electron chi connectivity index (χ4n) is 3.09. The van der Waals surface area contributed by atoms with Crippen molar-refractivity contribution in [2.24, 2.45) is 0 Å². The molecule has 0 heteroatoms. The normalized spacial score (nSPS) is 12.2. The summed E-state index contributed by atoms with van der Waals surface area (Å²) < 4.78 is 0. The van der Waals surface area contributed by atoms with Gasteiger partial charge in [-0.25, -0.2) is 0 Å². The topological polar surface area (TPSA) is 0 Å². The predicted octanol–water partition coefficient (Wildman–Crippen LogP) is 4.16. The lowest BCUT2D eigenvalue weighted by molar-refractivity contribution is 1.48. The van der Waals surface area contributed by atoms with Crippen molar-refractivity contribution in [1.29, 1.82) is 0 Å². The van der Waals surface area contributed by atoms with Gasteiger partial charge in [0, 0.05) is 0 Å². The molecule has 0 N–H and O–H groups in total. The molecule has 20 heavy (non-hydrogen) atoms. The van der Waals surface area contributed by atoms with Gasteiger partial charge in [0.2, 0.25) is 0 Å². The molecule has 0 aromatic heterocycles. The van der Waals surface area contributed by atoms with E-state index in [0.29, 0.717) is 0 Å². The molecule has 0 nitrogen and oxygen atoms in total. The first kappa shape index (κ1) is 12.7. The van der Waals surface area contributed by atoms with Crippen LogP contribution in [0.15, 0.2) is 43.0 Å². The van der Waals surface area contributed by atoms with Crippen LogP contribution in [0.1, 0.15) is 18.1 Å².